The normalized spacial score (nSPS) is 11.1. The van der Waals surface area contributed by atoms with Gasteiger partial charge in [-0.3, -0.25) is 9.59 Å². The lowest BCUT2D eigenvalue weighted by Gasteiger charge is -2.21. The molecule has 0 heterocycles. The van der Waals surface area contributed by atoms with Crippen LogP contribution >= 0.6 is 12.2 Å². The first kappa shape index (κ1) is 24.0. The molecule has 0 saturated heterocycles. The van der Waals surface area contributed by atoms with Crippen molar-refractivity contribution in [3.05, 3.63) is 24.3 Å². The van der Waals surface area contributed by atoms with Crippen molar-refractivity contribution in [3.8, 4) is 0 Å². The lowest BCUT2D eigenvalue weighted by atomic mass is 10.3. The van der Waals surface area contributed by atoms with Crippen LogP contribution in [0.4, 0.5) is 5.69 Å². The van der Waals surface area contributed by atoms with Crippen molar-refractivity contribution >= 4 is 44.9 Å². The predicted molar refractivity (Wildman–Crippen MR) is 111 cm³/mol. The summed E-state index contributed by atoms with van der Waals surface area (Å²) in [5, 5.41) is 5.32. The van der Waals surface area contributed by atoms with Crippen molar-refractivity contribution in [3.63, 3.8) is 0 Å². The zero-order chi connectivity index (χ0) is 21.2. The Balaban J connectivity index is 2.70. The SMILES string of the molecule is CCCN(CCC)S(=O)(=O)c1ccc(NC(=S)NC(=O)CCC(=O)OC)cc1. The summed E-state index contributed by atoms with van der Waals surface area (Å²) in [5.41, 5.74) is 0.537. The number of nitrogens with zero attached hydrogens (tertiary/aromatic N) is 1. The summed E-state index contributed by atoms with van der Waals surface area (Å²) in [5.74, 6) is -0.900. The second-order valence-corrected chi connectivity index (χ2v) is 8.35. The molecule has 0 radical (unpaired) electrons. The number of esters is 1. The summed E-state index contributed by atoms with van der Waals surface area (Å²) in [6.07, 6.45) is 1.39. The molecule has 10 heteroatoms. The Kier molecular flexibility index (Phi) is 10.0. The third-order valence-electron chi connectivity index (χ3n) is 3.73. The van der Waals surface area contributed by atoms with Crippen LogP contribution in [0.1, 0.15) is 39.5 Å². The topological polar surface area (TPSA) is 105 Å². The summed E-state index contributed by atoms with van der Waals surface area (Å²) in [6, 6.07) is 6.15. The molecule has 1 aromatic carbocycles. The molecule has 8 nitrogen and oxygen atoms in total. The summed E-state index contributed by atoms with van der Waals surface area (Å²) >= 11 is 5.05. The third-order valence-corrected chi connectivity index (χ3v) is 5.85. The Hall–Kier alpha value is -2.04. The van der Waals surface area contributed by atoms with Crippen LogP contribution in [0.25, 0.3) is 0 Å². The van der Waals surface area contributed by atoms with Crippen LogP contribution in [0.3, 0.4) is 0 Å². The van der Waals surface area contributed by atoms with E-state index in [0.717, 1.165) is 12.8 Å². The quantitative estimate of drug-likeness (QED) is 0.434. The maximum absolute atomic E-state index is 12.7. The second-order valence-electron chi connectivity index (χ2n) is 6.01. The van der Waals surface area contributed by atoms with Gasteiger partial charge in [0.1, 0.15) is 0 Å². The van der Waals surface area contributed by atoms with Gasteiger partial charge in [0.05, 0.1) is 18.4 Å². The molecule has 0 spiro atoms. The summed E-state index contributed by atoms with van der Waals surface area (Å²) in [4.78, 5) is 23.0. The predicted octanol–water partition coefficient (Wildman–Crippen LogP) is 2.26. The summed E-state index contributed by atoms with van der Waals surface area (Å²) in [7, 11) is -2.30. The summed E-state index contributed by atoms with van der Waals surface area (Å²) < 4.78 is 31.4. The van der Waals surface area contributed by atoms with Crippen molar-refractivity contribution in [2.45, 2.75) is 44.4 Å². The number of thiocarbonyl (C=S) groups is 1. The molecule has 0 fully saturated rings. The van der Waals surface area contributed by atoms with Gasteiger partial charge in [-0.15, -0.1) is 0 Å². The molecule has 0 aliphatic rings. The number of methoxy groups -OCH3 is 1. The number of sulfonamides is 1. The van der Waals surface area contributed by atoms with E-state index >= 15 is 0 Å². The van der Waals surface area contributed by atoms with Gasteiger partial charge in [-0.2, -0.15) is 4.31 Å². The van der Waals surface area contributed by atoms with Crippen LogP contribution in [0.2, 0.25) is 0 Å². The Morgan fingerprint density at radius 2 is 1.64 bits per heavy atom. The highest BCUT2D eigenvalue weighted by Crippen LogP contribution is 2.19. The highest BCUT2D eigenvalue weighted by Gasteiger charge is 2.22. The number of amides is 1. The number of rotatable bonds is 10. The number of carbonyl (C=O) groups is 2. The standard InChI is InChI=1S/C18H27N3O5S2/c1-4-12-21(13-5-2)28(24,25)15-8-6-14(7-9-15)19-18(27)20-16(22)10-11-17(23)26-3/h6-9H,4-5,10-13H2,1-3H3,(H2,19,20,22,27). The minimum atomic E-state index is -3.55. The highest BCUT2D eigenvalue weighted by atomic mass is 32.2. The van der Waals surface area contributed by atoms with E-state index in [1.54, 1.807) is 12.1 Å². The third kappa shape index (κ3) is 7.53. The highest BCUT2D eigenvalue weighted by molar-refractivity contribution is 7.89. The fraction of sp³-hybridized carbons (Fsp3) is 0.500. The first-order valence-electron chi connectivity index (χ1n) is 9.02. The van der Waals surface area contributed by atoms with Crippen molar-refractivity contribution in [1.29, 1.82) is 0 Å². The molecule has 1 aromatic rings. The van der Waals surface area contributed by atoms with E-state index in [2.05, 4.69) is 15.4 Å². The number of carbonyl (C=O) groups excluding carboxylic acids is 2. The molecule has 0 aliphatic heterocycles. The minimum Gasteiger partial charge on any atom is -0.469 e. The molecule has 1 rings (SSSR count). The van der Waals surface area contributed by atoms with E-state index in [4.69, 9.17) is 12.2 Å². The molecule has 0 atom stereocenters. The summed E-state index contributed by atoms with van der Waals surface area (Å²) in [6.45, 7) is 4.81. The van der Waals surface area contributed by atoms with Gasteiger partial charge in [0.15, 0.2) is 5.11 Å². The first-order valence-corrected chi connectivity index (χ1v) is 10.9. The number of nitrogens with one attached hydrogen (secondary N) is 2. The fourth-order valence-electron chi connectivity index (χ4n) is 2.38. The first-order chi connectivity index (χ1) is 13.2. The number of anilines is 1. The van der Waals surface area contributed by atoms with Gasteiger partial charge in [0.25, 0.3) is 0 Å². The second kappa shape index (κ2) is 11.7. The van der Waals surface area contributed by atoms with Gasteiger partial charge < -0.3 is 15.4 Å². The van der Waals surface area contributed by atoms with Gasteiger partial charge in [-0.05, 0) is 49.3 Å². The number of ether oxygens (including phenoxy) is 1. The molecule has 1 amide bonds. The molecular formula is C18H27N3O5S2. The van der Waals surface area contributed by atoms with Crippen LogP contribution in [-0.2, 0) is 24.3 Å². The molecule has 0 aliphatic carbocycles. The molecule has 2 N–H and O–H groups in total. The molecule has 0 saturated carbocycles. The maximum atomic E-state index is 12.7. The molecule has 28 heavy (non-hydrogen) atoms. The molecule has 0 bridgehead atoms. The Morgan fingerprint density at radius 3 is 2.14 bits per heavy atom. The van der Waals surface area contributed by atoms with Crippen molar-refractivity contribution in [2.75, 3.05) is 25.5 Å². The minimum absolute atomic E-state index is 0.0382. The van der Waals surface area contributed by atoms with E-state index < -0.39 is 21.9 Å². The van der Waals surface area contributed by atoms with Crippen LogP contribution in [0, 0.1) is 0 Å². The average Bonchev–Trinajstić information content (AvgIpc) is 2.66. The fourth-order valence-corrected chi connectivity index (χ4v) is 4.24. The average molecular weight is 430 g/mol. The zero-order valence-corrected chi connectivity index (χ0v) is 18.0. The maximum Gasteiger partial charge on any atom is 0.306 e. The van der Waals surface area contributed by atoms with Crippen LogP contribution in [-0.4, -0.2) is 49.9 Å². The molecule has 0 unspecified atom stereocenters. The van der Waals surface area contributed by atoms with E-state index in [1.807, 2.05) is 13.8 Å². The Morgan fingerprint density at radius 1 is 1.07 bits per heavy atom. The number of hydrogen-bond donors (Lipinski definition) is 2. The van der Waals surface area contributed by atoms with Gasteiger partial charge in [-0.1, -0.05) is 13.8 Å². The molecule has 0 aromatic heterocycles. The smallest absolute Gasteiger partial charge is 0.306 e. The number of benzene rings is 1. The van der Waals surface area contributed by atoms with Gasteiger partial charge in [-0.25, -0.2) is 8.42 Å². The van der Waals surface area contributed by atoms with Crippen molar-refractivity contribution in [1.82, 2.24) is 9.62 Å². The van der Waals surface area contributed by atoms with Crippen LogP contribution in [0.5, 0.6) is 0 Å². The van der Waals surface area contributed by atoms with E-state index in [-0.39, 0.29) is 22.8 Å². The molecular weight excluding hydrogens is 402 g/mol. The van der Waals surface area contributed by atoms with Gasteiger partial charge in [0.2, 0.25) is 15.9 Å². The zero-order valence-electron chi connectivity index (χ0n) is 16.4. The van der Waals surface area contributed by atoms with E-state index in [9.17, 15) is 18.0 Å². The lowest BCUT2D eigenvalue weighted by molar-refractivity contribution is -0.142. The monoisotopic (exact) mass is 429 g/mol. The molecule has 156 valence electrons. The van der Waals surface area contributed by atoms with Gasteiger partial charge in [0, 0.05) is 25.2 Å². The van der Waals surface area contributed by atoms with Crippen molar-refractivity contribution < 1.29 is 22.7 Å². The van der Waals surface area contributed by atoms with E-state index in [1.165, 1.54) is 23.5 Å². The largest absolute Gasteiger partial charge is 0.469 e. The van der Waals surface area contributed by atoms with Gasteiger partial charge >= 0.3 is 5.97 Å². The van der Waals surface area contributed by atoms with Crippen LogP contribution < -0.4 is 10.6 Å². The Bertz CT molecular complexity index is 773. The van der Waals surface area contributed by atoms with Crippen LogP contribution in [0.15, 0.2) is 29.2 Å². The Labute approximate surface area is 171 Å². The van der Waals surface area contributed by atoms with E-state index in [0.29, 0.717) is 18.8 Å². The van der Waals surface area contributed by atoms with Crippen molar-refractivity contribution in [2.24, 2.45) is 0 Å². The lowest BCUT2D eigenvalue weighted by Crippen LogP contribution is -2.34. The number of hydrogen-bond acceptors (Lipinski definition) is 6.